The Hall–Kier alpha value is -3.74. The van der Waals surface area contributed by atoms with Gasteiger partial charge in [-0.05, 0) is 63.2 Å². The molecule has 0 aliphatic carbocycles. The van der Waals surface area contributed by atoms with Gasteiger partial charge in [-0.1, -0.05) is 18.2 Å². The molecule has 6 nitrogen and oxygen atoms in total. The van der Waals surface area contributed by atoms with Crippen LogP contribution < -0.4 is 0 Å². The van der Waals surface area contributed by atoms with Gasteiger partial charge in [-0.25, -0.2) is 18.7 Å². The standard InChI is InChI=1S/C24H23FN2O4/c1-24(2,3)31-22(29)16-30-21(28)14-11-18-15-27(20-7-5-4-6-8-20)26-23(18)17-9-12-19(25)13-10-17/h4-15H,16H2,1-3H3/b14-11-. The third-order valence-electron chi connectivity index (χ3n) is 4.03. The zero-order valence-corrected chi connectivity index (χ0v) is 17.5. The van der Waals surface area contributed by atoms with Crippen LogP contribution in [0.2, 0.25) is 0 Å². The van der Waals surface area contributed by atoms with E-state index in [-0.39, 0.29) is 5.82 Å². The number of carbonyl (C=O) groups excluding carboxylic acids is 2. The molecule has 1 aromatic heterocycles. The Kier molecular flexibility index (Phi) is 6.65. The minimum absolute atomic E-state index is 0.353. The first-order valence-electron chi connectivity index (χ1n) is 9.69. The fraction of sp³-hybridized carbons (Fsp3) is 0.208. The summed E-state index contributed by atoms with van der Waals surface area (Å²) in [5.41, 5.74) is 2.07. The number of aromatic nitrogens is 2. The molecule has 0 saturated carbocycles. The van der Waals surface area contributed by atoms with E-state index in [1.807, 2.05) is 30.3 Å². The van der Waals surface area contributed by atoms with Crippen LogP contribution in [-0.2, 0) is 19.1 Å². The lowest BCUT2D eigenvalue weighted by Gasteiger charge is -2.19. The van der Waals surface area contributed by atoms with Crippen molar-refractivity contribution in [1.82, 2.24) is 9.78 Å². The molecule has 3 rings (SSSR count). The van der Waals surface area contributed by atoms with Crippen LogP contribution in [0.3, 0.4) is 0 Å². The Morgan fingerprint density at radius 3 is 2.39 bits per heavy atom. The minimum Gasteiger partial charge on any atom is -0.457 e. The van der Waals surface area contributed by atoms with Gasteiger partial charge in [-0.3, -0.25) is 0 Å². The molecule has 0 amide bonds. The molecule has 0 unspecified atom stereocenters. The van der Waals surface area contributed by atoms with Crippen molar-refractivity contribution in [1.29, 1.82) is 0 Å². The largest absolute Gasteiger partial charge is 0.457 e. The van der Waals surface area contributed by atoms with Crippen LogP contribution in [0.25, 0.3) is 23.0 Å². The lowest BCUT2D eigenvalue weighted by molar-refractivity contribution is -0.164. The molecular formula is C24H23FN2O4. The number of halogens is 1. The van der Waals surface area contributed by atoms with Gasteiger partial charge >= 0.3 is 11.9 Å². The van der Waals surface area contributed by atoms with E-state index in [0.29, 0.717) is 16.8 Å². The molecule has 0 aliphatic rings. The van der Waals surface area contributed by atoms with E-state index in [4.69, 9.17) is 9.47 Å². The molecule has 0 N–H and O–H groups in total. The maximum Gasteiger partial charge on any atom is 0.344 e. The average molecular weight is 422 g/mol. The van der Waals surface area contributed by atoms with Gasteiger partial charge in [0.05, 0.1) is 11.4 Å². The highest BCUT2D eigenvalue weighted by Crippen LogP contribution is 2.25. The lowest BCUT2D eigenvalue weighted by atomic mass is 10.1. The van der Waals surface area contributed by atoms with Crippen molar-refractivity contribution in [2.45, 2.75) is 26.4 Å². The summed E-state index contributed by atoms with van der Waals surface area (Å²) >= 11 is 0. The summed E-state index contributed by atoms with van der Waals surface area (Å²) in [6.45, 7) is 4.71. The number of hydrogen-bond acceptors (Lipinski definition) is 5. The second kappa shape index (κ2) is 9.38. The number of para-hydroxylation sites is 1. The quantitative estimate of drug-likeness (QED) is 0.430. The summed E-state index contributed by atoms with van der Waals surface area (Å²) in [7, 11) is 0. The van der Waals surface area contributed by atoms with Crippen molar-refractivity contribution in [3.8, 4) is 16.9 Å². The Morgan fingerprint density at radius 1 is 1.06 bits per heavy atom. The SMILES string of the molecule is CC(C)(C)OC(=O)COC(=O)/C=C\c1cn(-c2ccccc2)nc1-c1ccc(F)cc1. The van der Waals surface area contributed by atoms with Crippen LogP contribution in [0.5, 0.6) is 0 Å². The number of ether oxygens (including phenoxy) is 2. The first-order chi connectivity index (χ1) is 14.7. The van der Waals surface area contributed by atoms with Gasteiger partial charge in [-0.15, -0.1) is 0 Å². The zero-order chi connectivity index (χ0) is 22.4. The van der Waals surface area contributed by atoms with Crippen LogP contribution >= 0.6 is 0 Å². The van der Waals surface area contributed by atoms with E-state index < -0.39 is 24.1 Å². The van der Waals surface area contributed by atoms with Crippen LogP contribution in [0.1, 0.15) is 26.3 Å². The molecule has 2 aromatic carbocycles. The van der Waals surface area contributed by atoms with E-state index in [9.17, 15) is 14.0 Å². The molecule has 0 bridgehead atoms. The van der Waals surface area contributed by atoms with Crippen molar-refractivity contribution in [3.05, 3.63) is 78.3 Å². The number of rotatable bonds is 6. The maximum absolute atomic E-state index is 13.3. The van der Waals surface area contributed by atoms with Crippen molar-refractivity contribution in [2.75, 3.05) is 6.61 Å². The van der Waals surface area contributed by atoms with E-state index in [2.05, 4.69) is 5.10 Å². The highest BCUT2D eigenvalue weighted by Gasteiger charge is 2.17. The summed E-state index contributed by atoms with van der Waals surface area (Å²) in [6.07, 6.45) is 4.51. The topological polar surface area (TPSA) is 70.4 Å². The van der Waals surface area contributed by atoms with Crippen molar-refractivity contribution in [3.63, 3.8) is 0 Å². The third kappa shape index (κ3) is 6.37. The van der Waals surface area contributed by atoms with E-state index in [1.165, 1.54) is 18.2 Å². The number of esters is 2. The molecule has 31 heavy (non-hydrogen) atoms. The van der Waals surface area contributed by atoms with Gasteiger partial charge in [0.2, 0.25) is 0 Å². The second-order valence-corrected chi connectivity index (χ2v) is 7.75. The lowest BCUT2D eigenvalue weighted by Crippen LogP contribution is -2.27. The molecule has 0 spiro atoms. The Bertz CT molecular complexity index is 1080. The van der Waals surface area contributed by atoms with Gasteiger partial charge in [0.1, 0.15) is 11.4 Å². The monoisotopic (exact) mass is 422 g/mol. The molecule has 7 heteroatoms. The van der Waals surface area contributed by atoms with Crippen LogP contribution in [-0.4, -0.2) is 33.9 Å². The fourth-order valence-corrected chi connectivity index (χ4v) is 2.76. The van der Waals surface area contributed by atoms with Crippen LogP contribution in [0.4, 0.5) is 4.39 Å². The normalized spacial score (nSPS) is 11.5. The molecule has 3 aromatic rings. The van der Waals surface area contributed by atoms with Crippen LogP contribution in [0, 0.1) is 5.82 Å². The van der Waals surface area contributed by atoms with Crippen molar-refractivity contribution in [2.24, 2.45) is 0 Å². The molecule has 0 saturated heterocycles. The van der Waals surface area contributed by atoms with Crippen molar-refractivity contribution < 1.29 is 23.5 Å². The Labute approximate surface area is 179 Å². The molecule has 0 radical (unpaired) electrons. The van der Waals surface area contributed by atoms with Gasteiger partial charge in [-0.2, -0.15) is 5.10 Å². The summed E-state index contributed by atoms with van der Waals surface area (Å²) in [5, 5.41) is 4.59. The molecule has 0 fully saturated rings. The first-order valence-corrected chi connectivity index (χ1v) is 9.69. The first kappa shape index (κ1) is 22.0. The molecule has 160 valence electrons. The summed E-state index contributed by atoms with van der Waals surface area (Å²) in [4.78, 5) is 23.8. The number of nitrogens with zero attached hydrogens (tertiary/aromatic N) is 2. The average Bonchev–Trinajstić information content (AvgIpc) is 3.15. The van der Waals surface area contributed by atoms with E-state index in [0.717, 1.165) is 5.69 Å². The van der Waals surface area contributed by atoms with Gasteiger partial charge in [0.25, 0.3) is 0 Å². The van der Waals surface area contributed by atoms with E-state index >= 15 is 0 Å². The highest BCUT2D eigenvalue weighted by atomic mass is 19.1. The summed E-state index contributed by atoms with van der Waals surface area (Å²) in [5.74, 6) is -1.67. The summed E-state index contributed by atoms with van der Waals surface area (Å²) in [6, 6.07) is 15.4. The molecule has 1 heterocycles. The van der Waals surface area contributed by atoms with Crippen LogP contribution in [0.15, 0.2) is 66.9 Å². The second-order valence-electron chi connectivity index (χ2n) is 7.75. The number of hydrogen-bond donors (Lipinski definition) is 0. The van der Waals surface area contributed by atoms with Gasteiger partial charge in [0.15, 0.2) is 6.61 Å². The number of carbonyl (C=O) groups is 2. The maximum atomic E-state index is 13.3. The van der Waals surface area contributed by atoms with Crippen molar-refractivity contribution >= 4 is 18.0 Å². The third-order valence-corrected chi connectivity index (χ3v) is 4.03. The molecular weight excluding hydrogens is 399 g/mol. The fourth-order valence-electron chi connectivity index (χ4n) is 2.76. The zero-order valence-electron chi connectivity index (χ0n) is 17.5. The van der Waals surface area contributed by atoms with Gasteiger partial charge < -0.3 is 9.47 Å². The molecule has 0 aliphatic heterocycles. The predicted octanol–water partition coefficient (Wildman–Crippen LogP) is 4.58. The summed E-state index contributed by atoms with van der Waals surface area (Å²) < 4.78 is 25.1. The minimum atomic E-state index is -0.691. The molecule has 0 atom stereocenters. The highest BCUT2D eigenvalue weighted by molar-refractivity contribution is 5.90. The Morgan fingerprint density at radius 2 is 1.74 bits per heavy atom. The predicted molar refractivity (Wildman–Crippen MR) is 115 cm³/mol. The Balaban J connectivity index is 1.80. The smallest absolute Gasteiger partial charge is 0.344 e. The number of benzene rings is 2. The van der Waals surface area contributed by atoms with Gasteiger partial charge in [0, 0.05) is 23.4 Å². The van der Waals surface area contributed by atoms with E-state index in [1.54, 1.807) is 49.9 Å².